The van der Waals surface area contributed by atoms with Crippen LogP contribution in [-0.4, -0.2) is 35.4 Å². The van der Waals surface area contributed by atoms with Crippen molar-refractivity contribution in [2.24, 2.45) is 16.6 Å². The largest absolute Gasteiger partial charge is 0.449 e. The van der Waals surface area contributed by atoms with Gasteiger partial charge in [-0.15, -0.1) is 0 Å². The summed E-state index contributed by atoms with van der Waals surface area (Å²) < 4.78 is 6.57. The van der Waals surface area contributed by atoms with E-state index in [9.17, 15) is 4.79 Å². The molecule has 0 unspecified atom stereocenters. The summed E-state index contributed by atoms with van der Waals surface area (Å²) in [5.74, 6) is 1.38. The minimum atomic E-state index is -0.344. The standard InChI is InChI=1S/C23H23BrN6O2/c24-14-2-4-18-16(10-14)19-20(32-18)23(31)30-22(29-19)13-1-3-15(17(25)9-13)21(26)28-11-12-5-7-27-8-6-12/h1-4,9-10,12,27H,5-8,11,25H2,(H2,26,28)(H,29,30,31). The number of aromatic amines is 1. The highest BCUT2D eigenvalue weighted by atomic mass is 79.9. The molecule has 6 N–H and O–H groups in total. The number of rotatable bonds is 4. The number of piperidine rings is 1. The first kappa shape index (κ1) is 20.7. The van der Waals surface area contributed by atoms with E-state index in [0.717, 1.165) is 35.8 Å². The van der Waals surface area contributed by atoms with Crippen LogP contribution in [0.4, 0.5) is 5.69 Å². The van der Waals surface area contributed by atoms with E-state index in [1.807, 2.05) is 24.3 Å². The van der Waals surface area contributed by atoms with Crippen molar-refractivity contribution in [3.05, 3.63) is 56.8 Å². The fraction of sp³-hybridized carbons (Fsp3) is 0.261. The lowest BCUT2D eigenvalue weighted by molar-refractivity contribution is 0.383. The summed E-state index contributed by atoms with van der Waals surface area (Å²) in [5.41, 5.74) is 15.3. The molecule has 0 bridgehead atoms. The number of amidine groups is 1. The van der Waals surface area contributed by atoms with Crippen molar-refractivity contribution in [2.75, 3.05) is 25.4 Å². The van der Waals surface area contributed by atoms with Crippen LogP contribution in [-0.2, 0) is 0 Å². The quantitative estimate of drug-likeness (QED) is 0.195. The first-order valence-corrected chi connectivity index (χ1v) is 11.3. The Morgan fingerprint density at radius 1 is 1.22 bits per heavy atom. The number of H-pyrrole nitrogens is 1. The molecule has 8 nitrogen and oxygen atoms in total. The molecule has 5 rings (SSSR count). The third kappa shape index (κ3) is 3.89. The number of hydrogen-bond donors (Lipinski definition) is 4. The minimum Gasteiger partial charge on any atom is -0.449 e. The van der Waals surface area contributed by atoms with Gasteiger partial charge in [0.1, 0.15) is 22.8 Å². The van der Waals surface area contributed by atoms with Gasteiger partial charge in [-0.3, -0.25) is 9.79 Å². The highest BCUT2D eigenvalue weighted by Crippen LogP contribution is 2.29. The van der Waals surface area contributed by atoms with Gasteiger partial charge in [0.25, 0.3) is 5.56 Å². The van der Waals surface area contributed by atoms with Crippen molar-refractivity contribution in [1.82, 2.24) is 15.3 Å². The lowest BCUT2D eigenvalue weighted by Crippen LogP contribution is -2.29. The maximum absolute atomic E-state index is 12.6. The van der Waals surface area contributed by atoms with Crippen molar-refractivity contribution >= 4 is 49.5 Å². The number of nitrogens with one attached hydrogen (secondary N) is 2. The Labute approximate surface area is 192 Å². The highest BCUT2D eigenvalue weighted by Gasteiger charge is 2.16. The lowest BCUT2D eigenvalue weighted by Gasteiger charge is -2.20. The second-order valence-electron chi connectivity index (χ2n) is 8.06. The van der Waals surface area contributed by atoms with Crippen LogP contribution in [0.15, 0.2) is 55.1 Å². The molecule has 1 fully saturated rings. The molecule has 2 aromatic carbocycles. The molecule has 0 atom stereocenters. The second kappa shape index (κ2) is 8.40. The Morgan fingerprint density at radius 2 is 2.03 bits per heavy atom. The summed E-state index contributed by atoms with van der Waals surface area (Å²) in [6, 6.07) is 11.0. The first-order valence-electron chi connectivity index (χ1n) is 10.5. The number of halogens is 1. The summed E-state index contributed by atoms with van der Waals surface area (Å²) in [6.07, 6.45) is 2.21. The molecule has 4 aromatic rings. The molecule has 2 aromatic heterocycles. The van der Waals surface area contributed by atoms with E-state index < -0.39 is 0 Å². The molecular weight excluding hydrogens is 472 g/mol. The number of nitrogens with zero attached hydrogens (tertiary/aromatic N) is 2. The number of fused-ring (bicyclic) bond motifs is 3. The summed E-state index contributed by atoms with van der Waals surface area (Å²) in [6.45, 7) is 2.74. The fourth-order valence-electron chi connectivity index (χ4n) is 4.08. The van der Waals surface area contributed by atoms with Gasteiger partial charge in [-0.1, -0.05) is 22.0 Å². The Bertz CT molecular complexity index is 1400. The number of hydrogen-bond acceptors (Lipinski definition) is 6. The highest BCUT2D eigenvalue weighted by molar-refractivity contribution is 9.10. The molecule has 0 spiro atoms. The Morgan fingerprint density at radius 3 is 2.81 bits per heavy atom. The van der Waals surface area contributed by atoms with Crippen LogP contribution in [0.3, 0.4) is 0 Å². The van der Waals surface area contributed by atoms with Gasteiger partial charge in [0.05, 0.1) is 0 Å². The zero-order valence-corrected chi connectivity index (χ0v) is 18.9. The topological polar surface area (TPSA) is 135 Å². The maximum Gasteiger partial charge on any atom is 0.294 e. The summed E-state index contributed by atoms with van der Waals surface area (Å²) in [4.78, 5) is 24.7. The van der Waals surface area contributed by atoms with E-state index in [0.29, 0.717) is 52.0 Å². The van der Waals surface area contributed by atoms with E-state index in [4.69, 9.17) is 15.9 Å². The van der Waals surface area contributed by atoms with Gasteiger partial charge >= 0.3 is 0 Å². The van der Waals surface area contributed by atoms with Gasteiger partial charge in [-0.2, -0.15) is 0 Å². The van der Waals surface area contributed by atoms with Crippen molar-refractivity contribution in [3.63, 3.8) is 0 Å². The predicted octanol–water partition coefficient (Wildman–Crippen LogP) is 3.39. The summed E-state index contributed by atoms with van der Waals surface area (Å²) in [7, 11) is 0. The van der Waals surface area contributed by atoms with Gasteiger partial charge in [-0.25, -0.2) is 4.98 Å². The predicted molar refractivity (Wildman–Crippen MR) is 131 cm³/mol. The average Bonchev–Trinajstić information content (AvgIpc) is 3.16. The zero-order chi connectivity index (χ0) is 22.2. The third-order valence-electron chi connectivity index (χ3n) is 5.87. The Balaban J connectivity index is 1.48. The zero-order valence-electron chi connectivity index (χ0n) is 17.3. The molecule has 0 saturated carbocycles. The molecule has 0 amide bonds. The molecule has 0 radical (unpaired) electrons. The summed E-state index contributed by atoms with van der Waals surface area (Å²) >= 11 is 3.46. The molecule has 9 heteroatoms. The molecule has 3 heterocycles. The second-order valence-corrected chi connectivity index (χ2v) is 8.97. The SMILES string of the molecule is NC(=NCC1CCNCC1)c1ccc(-c2nc3c(oc4ccc(Br)cc43)c(=O)[nH]2)cc1N. The number of benzene rings is 2. The van der Waals surface area contributed by atoms with Gasteiger partial charge < -0.3 is 26.2 Å². The van der Waals surface area contributed by atoms with Gasteiger partial charge in [0.2, 0.25) is 5.58 Å². The number of furan rings is 1. The first-order chi connectivity index (χ1) is 15.5. The van der Waals surface area contributed by atoms with Crippen LogP contribution in [0, 0.1) is 5.92 Å². The average molecular weight is 495 g/mol. The minimum absolute atomic E-state index is 0.195. The smallest absolute Gasteiger partial charge is 0.294 e. The monoisotopic (exact) mass is 494 g/mol. The van der Waals surface area contributed by atoms with Crippen LogP contribution in [0.1, 0.15) is 18.4 Å². The van der Waals surface area contributed by atoms with Crippen LogP contribution in [0.2, 0.25) is 0 Å². The third-order valence-corrected chi connectivity index (χ3v) is 6.36. The van der Waals surface area contributed by atoms with Crippen LogP contribution >= 0.6 is 15.9 Å². The van der Waals surface area contributed by atoms with Crippen LogP contribution in [0.5, 0.6) is 0 Å². The molecule has 1 aliphatic rings. The normalized spacial score (nSPS) is 15.6. The van der Waals surface area contributed by atoms with E-state index in [1.54, 1.807) is 12.1 Å². The number of aliphatic imine (C=N–C) groups is 1. The number of nitrogen functional groups attached to an aromatic ring is 1. The Kier molecular flexibility index (Phi) is 5.44. The van der Waals surface area contributed by atoms with E-state index >= 15 is 0 Å². The lowest BCUT2D eigenvalue weighted by atomic mass is 9.98. The van der Waals surface area contributed by atoms with Gasteiger partial charge in [-0.05, 0) is 62.2 Å². The molecular formula is C23H23BrN6O2. The number of aromatic nitrogens is 2. The summed E-state index contributed by atoms with van der Waals surface area (Å²) in [5, 5.41) is 4.12. The van der Waals surface area contributed by atoms with E-state index in [2.05, 4.69) is 36.2 Å². The van der Waals surface area contributed by atoms with Crippen molar-refractivity contribution in [2.45, 2.75) is 12.8 Å². The number of nitrogens with two attached hydrogens (primary N) is 2. The van der Waals surface area contributed by atoms with Crippen molar-refractivity contribution < 1.29 is 4.42 Å². The number of anilines is 1. The van der Waals surface area contributed by atoms with E-state index in [1.165, 1.54) is 0 Å². The van der Waals surface area contributed by atoms with Crippen LogP contribution < -0.4 is 22.3 Å². The van der Waals surface area contributed by atoms with Crippen LogP contribution in [0.25, 0.3) is 33.5 Å². The molecule has 32 heavy (non-hydrogen) atoms. The van der Waals surface area contributed by atoms with Crippen molar-refractivity contribution in [3.8, 4) is 11.4 Å². The molecule has 1 aliphatic heterocycles. The fourth-order valence-corrected chi connectivity index (χ4v) is 4.44. The molecule has 164 valence electrons. The Hall–Kier alpha value is -3.17. The maximum atomic E-state index is 12.6. The molecule has 1 saturated heterocycles. The van der Waals surface area contributed by atoms with Crippen molar-refractivity contribution in [1.29, 1.82) is 0 Å². The van der Waals surface area contributed by atoms with E-state index in [-0.39, 0.29) is 11.1 Å². The molecule has 0 aliphatic carbocycles. The van der Waals surface area contributed by atoms with Gasteiger partial charge in [0.15, 0.2) is 0 Å². The van der Waals surface area contributed by atoms with Gasteiger partial charge in [0, 0.05) is 33.2 Å².